The Morgan fingerprint density at radius 3 is 2.79 bits per heavy atom. The maximum Gasteiger partial charge on any atom is 0.143 e. The molecular formula is C11H16ClNO. The van der Waals surface area contributed by atoms with Gasteiger partial charge in [-0.2, -0.15) is 0 Å². The Kier molecular flexibility index (Phi) is 3.27. The third-order valence-electron chi connectivity index (χ3n) is 2.32. The first-order valence-corrected chi connectivity index (χ1v) is 4.69. The second-order valence-electron chi connectivity index (χ2n) is 4.03. The Balaban J connectivity index is 0.000000980. The third-order valence-corrected chi connectivity index (χ3v) is 2.32. The average Bonchev–Trinajstić information content (AvgIpc) is 2.21. The fraction of sp³-hybridized carbons (Fsp3) is 0.455. The standard InChI is InChI=1S/C11H15NO.ClH/c1-11(2)7-8-12-9-5-3-4-6-10(9)13-11;/h3-6,12H,7-8H2,1-2H3;1H. The van der Waals surface area contributed by atoms with E-state index in [1.54, 1.807) is 0 Å². The summed E-state index contributed by atoms with van der Waals surface area (Å²) < 4.78 is 5.88. The molecule has 1 aromatic carbocycles. The van der Waals surface area contributed by atoms with Gasteiger partial charge in [-0.15, -0.1) is 12.4 Å². The van der Waals surface area contributed by atoms with Crippen LogP contribution in [0.25, 0.3) is 0 Å². The fourth-order valence-corrected chi connectivity index (χ4v) is 1.55. The molecule has 0 unspecified atom stereocenters. The Labute approximate surface area is 91.1 Å². The van der Waals surface area contributed by atoms with Crippen molar-refractivity contribution in [3.63, 3.8) is 0 Å². The predicted octanol–water partition coefficient (Wildman–Crippen LogP) is 3.08. The van der Waals surface area contributed by atoms with Gasteiger partial charge in [0.2, 0.25) is 0 Å². The molecule has 0 saturated carbocycles. The van der Waals surface area contributed by atoms with Crippen LogP contribution in [0.5, 0.6) is 5.75 Å². The van der Waals surface area contributed by atoms with Gasteiger partial charge in [0.15, 0.2) is 0 Å². The van der Waals surface area contributed by atoms with Crippen LogP contribution in [0.3, 0.4) is 0 Å². The minimum absolute atomic E-state index is 0. The van der Waals surface area contributed by atoms with Crippen molar-refractivity contribution >= 4 is 18.1 Å². The van der Waals surface area contributed by atoms with Crippen LogP contribution in [-0.2, 0) is 0 Å². The molecule has 0 spiro atoms. The molecule has 0 saturated heterocycles. The van der Waals surface area contributed by atoms with Crippen molar-refractivity contribution in [2.45, 2.75) is 25.9 Å². The number of hydrogen-bond acceptors (Lipinski definition) is 2. The summed E-state index contributed by atoms with van der Waals surface area (Å²) in [5, 5.41) is 3.36. The number of hydrogen-bond donors (Lipinski definition) is 1. The molecule has 1 aliphatic rings. The maximum absolute atomic E-state index is 5.88. The number of nitrogens with one attached hydrogen (secondary N) is 1. The Morgan fingerprint density at radius 1 is 1.29 bits per heavy atom. The van der Waals surface area contributed by atoms with Crippen molar-refractivity contribution < 1.29 is 4.74 Å². The number of benzene rings is 1. The van der Waals surface area contributed by atoms with Crippen LogP contribution >= 0.6 is 12.4 Å². The zero-order chi connectivity index (χ0) is 9.31. The number of anilines is 1. The molecule has 0 amide bonds. The van der Waals surface area contributed by atoms with E-state index in [4.69, 9.17) is 4.74 Å². The van der Waals surface area contributed by atoms with E-state index in [1.807, 2.05) is 18.2 Å². The molecule has 0 bridgehead atoms. The van der Waals surface area contributed by atoms with Crippen molar-refractivity contribution in [1.29, 1.82) is 0 Å². The highest BCUT2D eigenvalue weighted by Gasteiger charge is 2.23. The smallest absolute Gasteiger partial charge is 0.143 e. The van der Waals surface area contributed by atoms with Gasteiger partial charge in [0.1, 0.15) is 11.4 Å². The van der Waals surface area contributed by atoms with E-state index in [0.29, 0.717) is 0 Å². The fourth-order valence-electron chi connectivity index (χ4n) is 1.55. The van der Waals surface area contributed by atoms with Crippen molar-refractivity contribution in [2.75, 3.05) is 11.9 Å². The summed E-state index contributed by atoms with van der Waals surface area (Å²) in [6.07, 6.45) is 1.03. The van der Waals surface area contributed by atoms with E-state index in [1.165, 1.54) is 0 Å². The molecule has 0 aliphatic carbocycles. The number of ether oxygens (including phenoxy) is 1. The van der Waals surface area contributed by atoms with E-state index in [-0.39, 0.29) is 18.0 Å². The van der Waals surface area contributed by atoms with Gasteiger partial charge in [-0.1, -0.05) is 12.1 Å². The normalized spacial score (nSPS) is 17.9. The molecule has 0 fully saturated rings. The molecule has 1 heterocycles. The SMILES string of the molecule is CC1(C)CCNc2ccccc2O1.Cl. The molecule has 78 valence electrons. The van der Waals surface area contributed by atoms with Gasteiger partial charge < -0.3 is 10.1 Å². The van der Waals surface area contributed by atoms with Crippen LogP contribution in [-0.4, -0.2) is 12.1 Å². The van der Waals surface area contributed by atoms with Gasteiger partial charge >= 0.3 is 0 Å². The van der Waals surface area contributed by atoms with E-state index >= 15 is 0 Å². The molecule has 0 atom stereocenters. The van der Waals surface area contributed by atoms with Crippen LogP contribution in [0.4, 0.5) is 5.69 Å². The summed E-state index contributed by atoms with van der Waals surface area (Å²) in [4.78, 5) is 0. The molecule has 0 radical (unpaired) electrons. The van der Waals surface area contributed by atoms with Gasteiger partial charge in [0, 0.05) is 13.0 Å². The highest BCUT2D eigenvalue weighted by molar-refractivity contribution is 5.85. The molecule has 1 aromatic rings. The largest absolute Gasteiger partial charge is 0.486 e. The summed E-state index contributed by atoms with van der Waals surface area (Å²) in [6, 6.07) is 8.08. The molecule has 14 heavy (non-hydrogen) atoms. The topological polar surface area (TPSA) is 21.3 Å². The van der Waals surface area contributed by atoms with Gasteiger partial charge in [-0.05, 0) is 26.0 Å². The summed E-state index contributed by atoms with van der Waals surface area (Å²) in [5.74, 6) is 0.963. The minimum atomic E-state index is -0.0559. The van der Waals surface area contributed by atoms with Crippen molar-refractivity contribution in [3.05, 3.63) is 24.3 Å². The van der Waals surface area contributed by atoms with Gasteiger partial charge in [0.05, 0.1) is 5.69 Å². The summed E-state index contributed by atoms with van der Waals surface area (Å²) in [7, 11) is 0. The molecule has 2 rings (SSSR count). The number of para-hydroxylation sites is 2. The van der Waals surface area contributed by atoms with E-state index in [2.05, 4.69) is 25.2 Å². The minimum Gasteiger partial charge on any atom is -0.486 e. The lowest BCUT2D eigenvalue weighted by molar-refractivity contribution is 0.108. The van der Waals surface area contributed by atoms with Gasteiger partial charge in [0.25, 0.3) is 0 Å². The lowest BCUT2D eigenvalue weighted by Gasteiger charge is -2.23. The third kappa shape index (κ3) is 2.32. The van der Waals surface area contributed by atoms with Crippen LogP contribution in [0, 0.1) is 0 Å². The Hall–Kier alpha value is -0.890. The zero-order valence-electron chi connectivity index (χ0n) is 8.54. The maximum atomic E-state index is 5.88. The molecule has 1 N–H and O–H groups in total. The van der Waals surface area contributed by atoms with Crippen molar-refractivity contribution in [2.24, 2.45) is 0 Å². The summed E-state index contributed by atoms with van der Waals surface area (Å²) in [6.45, 7) is 5.22. The number of halogens is 1. The predicted molar refractivity (Wildman–Crippen MR) is 61.5 cm³/mol. The first kappa shape index (κ1) is 11.2. The monoisotopic (exact) mass is 213 g/mol. The first-order chi connectivity index (χ1) is 6.17. The lowest BCUT2D eigenvalue weighted by atomic mass is 10.1. The van der Waals surface area contributed by atoms with E-state index < -0.39 is 0 Å². The number of rotatable bonds is 0. The second-order valence-corrected chi connectivity index (χ2v) is 4.03. The zero-order valence-corrected chi connectivity index (χ0v) is 9.36. The molecule has 2 nitrogen and oxygen atoms in total. The summed E-state index contributed by atoms with van der Waals surface area (Å²) in [5.41, 5.74) is 1.05. The van der Waals surface area contributed by atoms with E-state index in [0.717, 1.165) is 24.4 Å². The van der Waals surface area contributed by atoms with E-state index in [9.17, 15) is 0 Å². The summed E-state index contributed by atoms with van der Waals surface area (Å²) >= 11 is 0. The van der Waals surface area contributed by atoms with Crippen LogP contribution in [0.1, 0.15) is 20.3 Å². The Bertz CT molecular complexity index is 312. The van der Waals surface area contributed by atoms with Crippen molar-refractivity contribution in [3.8, 4) is 5.75 Å². The molecule has 1 aliphatic heterocycles. The second kappa shape index (κ2) is 4.09. The van der Waals surface area contributed by atoms with Crippen molar-refractivity contribution in [1.82, 2.24) is 0 Å². The lowest BCUT2D eigenvalue weighted by Crippen LogP contribution is -2.28. The molecular weight excluding hydrogens is 198 g/mol. The highest BCUT2D eigenvalue weighted by Crippen LogP contribution is 2.31. The van der Waals surface area contributed by atoms with Gasteiger partial charge in [-0.25, -0.2) is 0 Å². The van der Waals surface area contributed by atoms with Crippen LogP contribution in [0.2, 0.25) is 0 Å². The Morgan fingerprint density at radius 2 is 2.00 bits per heavy atom. The highest BCUT2D eigenvalue weighted by atomic mass is 35.5. The number of fused-ring (bicyclic) bond motifs is 1. The molecule has 0 aromatic heterocycles. The first-order valence-electron chi connectivity index (χ1n) is 4.69. The quantitative estimate of drug-likeness (QED) is 0.715. The molecule has 3 heteroatoms. The van der Waals surface area contributed by atoms with Crippen LogP contribution in [0.15, 0.2) is 24.3 Å². The van der Waals surface area contributed by atoms with Crippen LogP contribution < -0.4 is 10.1 Å². The average molecular weight is 214 g/mol. The van der Waals surface area contributed by atoms with Gasteiger partial charge in [-0.3, -0.25) is 0 Å².